The zero-order chi connectivity index (χ0) is 21.3. The Labute approximate surface area is 176 Å². The quantitative estimate of drug-likeness (QED) is 0.529. The second-order valence-electron chi connectivity index (χ2n) is 6.77. The van der Waals surface area contributed by atoms with Crippen LogP contribution in [0.2, 0.25) is 5.02 Å². The number of carbonyl (C=O) groups excluding carboxylic acids is 1. The summed E-state index contributed by atoms with van der Waals surface area (Å²) in [5.41, 5.74) is 1.19. The first-order chi connectivity index (χ1) is 14.4. The number of halogens is 1. The molecule has 0 fully saturated rings. The van der Waals surface area contributed by atoms with Crippen molar-refractivity contribution in [3.8, 4) is 0 Å². The Morgan fingerprint density at radius 2 is 1.90 bits per heavy atom. The summed E-state index contributed by atoms with van der Waals surface area (Å²) in [6.07, 6.45) is 1.12. The van der Waals surface area contributed by atoms with E-state index in [-0.39, 0.29) is 12.1 Å². The van der Waals surface area contributed by atoms with Gasteiger partial charge in [-0.15, -0.1) is 0 Å². The van der Waals surface area contributed by atoms with Crippen LogP contribution in [0, 0.1) is 6.92 Å². The highest BCUT2D eigenvalue weighted by atomic mass is 35.5. The minimum Gasteiger partial charge on any atom is -0.321 e. The molecule has 4 aromatic rings. The molecule has 30 heavy (non-hydrogen) atoms. The van der Waals surface area contributed by atoms with E-state index in [0.717, 1.165) is 27.4 Å². The number of hydrogen-bond acceptors (Lipinski definition) is 4. The number of amides is 1. The highest BCUT2D eigenvalue weighted by molar-refractivity contribution is 6.31. The van der Waals surface area contributed by atoms with Crippen molar-refractivity contribution in [1.29, 1.82) is 0 Å². The second-order valence-corrected chi connectivity index (χ2v) is 7.18. The van der Waals surface area contributed by atoms with Crippen molar-refractivity contribution in [3.63, 3.8) is 0 Å². The van der Waals surface area contributed by atoms with Crippen LogP contribution in [0.15, 0.2) is 70.4 Å². The van der Waals surface area contributed by atoms with Gasteiger partial charge in [0.2, 0.25) is 0 Å². The molecule has 8 heteroatoms. The molecule has 0 unspecified atom stereocenters. The van der Waals surface area contributed by atoms with E-state index in [4.69, 9.17) is 11.6 Å². The molecule has 0 spiro atoms. The minimum atomic E-state index is -0.703. The number of hydrogen-bond donors (Lipinski definition) is 2. The fraction of sp³-hybridized carbons (Fsp3) is 0.0909. The molecule has 2 aromatic carbocycles. The molecule has 7 nitrogen and oxygen atoms in total. The van der Waals surface area contributed by atoms with Gasteiger partial charge in [-0.3, -0.25) is 19.1 Å². The smallest absolute Gasteiger partial charge is 0.321 e. The largest absolute Gasteiger partial charge is 0.328 e. The highest BCUT2D eigenvalue weighted by Crippen LogP contribution is 2.22. The zero-order valence-corrected chi connectivity index (χ0v) is 16.7. The molecule has 0 saturated carbocycles. The van der Waals surface area contributed by atoms with Crippen LogP contribution in [0.5, 0.6) is 0 Å². The van der Waals surface area contributed by atoms with Gasteiger partial charge in [0.1, 0.15) is 5.56 Å². The number of nitrogens with zero attached hydrogens (tertiary/aromatic N) is 2. The van der Waals surface area contributed by atoms with E-state index < -0.39 is 17.2 Å². The average Bonchev–Trinajstić information content (AvgIpc) is 2.72. The zero-order valence-electron chi connectivity index (χ0n) is 16.0. The lowest BCUT2D eigenvalue weighted by atomic mass is 10.1. The first-order valence-electron chi connectivity index (χ1n) is 9.17. The Bertz CT molecular complexity index is 1390. The maximum atomic E-state index is 12.9. The second kappa shape index (κ2) is 7.96. The lowest BCUT2D eigenvalue weighted by Gasteiger charge is -2.10. The van der Waals surface area contributed by atoms with E-state index >= 15 is 0 Å². The number of pyridine rings is 1. The van der Waals surface area contributed by atoms with Crippen LogP contribution in [-0.4, -0.2) is 20.4 Å². The van der Waals surface area contributed by atoms with Gasteiger partial charge < -0.3 is 10.3 Å². The van der Waals surface area contributed by atoms with E-state index in [1.54, 1.807) is 36.4 Å². The monoisotopic (exact) mass is 420 g/mol. The molecule has 0 radical (unpaired) electrons. The Morgan fingerprint density at radius 3 is 2.70 bits per heavy atom. The van der Waals surface area contributed by atoms with Crippen LogP contribution in [0.25, 0.3) is 10.9 Å². The summed E-state index contributed by atoms with van der Waals surface area (Å²) >= 11 is 6.14. The Hall–Kier alpha value is -3.71. The number of nitrogens with one attached hydrogen (secondary N) is 2. The van der Waals surface area contributed by atoms with Crippen LogP contribution in [0.1, 0.15) is 21.6 Å². The number of aromatic amines is 1. The minimum absolute atomic E-state index is 0.0492. The van der Waals surface area contributed by atoms with Gasteiger partial charge in [-0.2, -0.15) is 0 Å². The van der Waals surface area contributed by atoms with E-state index in [1.807, 2.05) is 25.1 Å². The SMILES string of the molecule is Cc1ccc2c(NC(=O)c3c[nH]c(=O)n(Cc4ccccc4Cl)c3=O)cccc2n1. The number of benzene rings is 2. The number of rotatable bonds is 4. The predicted octanol–water partition coefficient (Wildman–Crippen LogP) is 3.35. The van der Waals surface area contributed by atoms with Crippen LogP contribution >= 0.6 is 11.6 Å². The van der Waals surface area contributed by atoms with Crippen molar-refractivity contribution in [1.82, 2.24) is 14.5 Å². The van der Waals surface area contributed by atoms with Crippen LogP contribution in [-0.2, 0) is 6.54 Å². The summed E-state index contributed by atoms with van der Waals surface area (Å²) in [6.45, 7) is 1.83. The third-order valence-electron chi connectivity index (χ3n) is 4.71. The fourth-order valence-corrected chi connectivity index (χ4v) is 3.37. The van der Waals surface area contributed by atoms with Crippen LogP contribution in [0.3, 0.4) is 0 Å². The summed E-state index contributed by atoms with van der Waals surface area (Å²) in [4.78, 5) is 44.8. The van der Waals surface area contributed by atoms with Crippen molar-refractivity contribution >= 4 is 34.1 Å². The van der Waals surface area contributed by atoms with E-state index in [0.29, 0.717) is 16.3 Å². The topological polar surface area (TPSA) is 96.9 Å². The van der Waals surface area contributed by atoms with E-state index in [1.165, 1.54) is 0 Å². The third kappa shape index (κ3) is 3.75. The van der Waals surface area contributed by atoms with Crippen molar-refractivity contribution in [2.24, 2.45) is 0 Å². The summed E-state index contributed by atoms with van der Waals surface area (Å²) in [5, 5.41) is 3.92. The van der Waals surface area contributed by atoms with Crippen LogP contribution in [0.4, 0.5) is 5.69 Å². The van der Waals surface area contributed by atoms with Gasteiger partial charge in [-0.25, -0.2) is 4.79 Å². The number of H-pyrrole nitrogens is 1. The molecule has 2 N–H and O–H groups in total. The van der Waals surface area contributed by atoms with E-state index in [2.05, 4.69) is 15.3 Å². The molecule has 0 saturated heterocycles. The normalized spacial score (nSPS) is 10.9. The molecule has 0 atom stereocenters. The molecular formula is C22H17ClN4O3. The lowest BCUT2D eigenvalue weighted by Crippen LogP contribution is -2.39. The molecule has 0 aliphatic heterocycles. The number of carbonyl (C=O) groups is 1. The summed E-state index contributed by atoms with van der Waals surface area (Å²) in [6, 6.07) is 15.9. The molecule has 2 aromatic heterocycles. The third-order valence-corrected chi connectivity index (χ3v) is 5.08. The first kappa shape index (κ1) is 19.6. The first-order valence-corrected chi connectivity index (χ1v) is 9.55. The molecule has 1 amide bonds. The van der Waals surface area contributed by atoms with Crippen LogP contribution < -0.4 is 16.6 Å². The highest BCUT2D eigenvalue weighted by Gasteiger charge is 2.17. The lowest BCUT2D eigenvalue weighted by molar-refractivity contribution is 0.102. The summed E-state index contributed by atoms with van der Waals surface area (Å²) < 4.78 is 0.949. The average molecular weight is 421 g/mol. The number of anilines is 1. The molecule has 0 aliphatic rings. The van der Waals surface area contributed by atoms with Gasteiger partial charge >= 0.3 is 5.69 Å². The molecule has 0 bridgehead atoms. The molecular weight excluding hydrogens is 404 g/mol. The number of fused-ring (bicyclic) bond motifs is 1. The summed E-state index contributed by atoms with van der Waals surface area (Å²) in [7, 11) is 0. The Balaban J connectivity index is 1.70. The Kier molecular flexibility index (Phi) is 5.20. The van der Waals surface area contributed by atoms with Gasteiger partial charge in [0.05, 0.1) is 17.7 Å². The van der Waals surface area contributed by atoms with Crippen molar-refractivity contribution < 1.29 is 4.79 Å². The molecule has 150 valence electrons. The maximum absolute atomic E-state index is 12.9. The van der Waals surface area contributed by atoms with Gasteiger partial charge in [0.25, 0.3) is 11.5 Å². The summed E-state index contributed by atoms with van der Waals surface area (Å²) in [5.74, 6) is -0.628. The van der Waals surface area contributed by atoms with Crippen molar-refractivity contribution in [2.45, 2.75) is 13.5 Å². The molecule has 0 aliphatic carbocycles. The number of aromatic nitrogens is 3. The van der Waals surface area contributed by atoms with Gasteiger partial charge in [0, 0.05) is 22.3 Å². The molecule has 2 heterocycles. The van der Waals surface area contributed by atoms with Gasteiger partial charge in [-0.1, -0.05) is 35.9 Å². The van der Waals surface area contributed by atoms with Gasteiger partial charge in [-0.05, 0) is 42.8 Å². The van der Waals surface area contributed by atoms with Gasteiger partial charge in [0.15, 0.2) is 0 Å². The van der Waals surface area contributed by atoms with Crippen molar-refractivity contribution in [2.75, 3.05) is 5.32 Å². The van der Waals surface area contributed by atoms with Crippen molar-refractivity contribution in [3.05, 3.63) is 103 Å². The number of aryl methyl sites for hydroxylation is 1. The Morgan fingerprint density at radius 1 is 1.10 bits per heavy atom. The predicted molar refractivity (Wildman–Crippen MR) is 116 cm³/mol. The van der Waals surface area contributed by atoms with E-state index in [9.17, 15) is 14.4 Å². The standard InChI is InChI=1S/C22H17ClN4O3/c1-13-9-10-15-18(25-13)7-4-8-19(15)26-20(28)16-11-24-22(30)27(21(16)29)12-14-5-2-3-6-17(14)23/h2-11H,12H2,1H3,(H,24,30)(H,26,28). The fourth-order valence-electron chi connectivity index (χ4n) is 3.17. The maximum Gasteiger partial charge on any atom is 0.328 e. The molecule has 4 rings (SSSR count).